The van der Waals surface area contributed by atoms with Gasteiger partial charge in [0.1, 0.15) is 13.2 Å². The van der Waals surface area contributed by atoms with Crippen LogP contribution in [-0.2, 0) is 28.6 Å². The minimum atomic E-state index is -0.759. The Balaban J connectivity index is 4.13. The van der Waals surface area contributed by atoms with Crippen molar-refractivity contribution in [1.29, 1.82) is 0 Å². The van der Waals surface area contributed by atoms with Crippen LogP contribution in [-0.4, -0.2) is 37.2 Å². The van der Waals surface area contributed by atoms with Crippen molar-refractivity contribution < 1.29 is 28.6 Å². The van der Waals surface area contributed by atoms with Crippen LogP contribution in [0.5, 0.6) is 0 Å². The molecule has 6 heteroatoms. The summed E-state index contributed by atoms with van der Waals surface area (Å²) in [5.41, 5.74) is 0. The van der Waals surface area contributed by atoms with Gasteiger partial charge in [-0.25, -0.2) is 0 Å². The van der Waals surface area contributed by atoms with Gasteiger partial charge in [0.25, 0.3) is 0 Å². The summed E-state index contributed by atoms with van der Waals surface area (Å²) in [6.07, 6.45) is 52.5. The van der Waals surface area contributed by atoms with E-state index < -0.39 is 6.10 Å². The van der Waals surface area contributed by atoms with Gasteiger partial charge in [-0.3, -0.25) is 14.4 Å². The molecule has 0 aromatic heterocycles. The molecule has 0 aromatic carbocycles. The maximum Gasteiger partial charge on any atom is 0.306 e. The second-order valence-corrected chi connectivity index (χ2v) is 19.3. The fourth-order valence-electron chi connectivity index (χ4n) is 8.39. The lowest BCUT2D eigenvalue weighted by atomic mass is 10.0. The first kappa shape index (κ1) is 59.4. The van der Waals surface area contributed by atoms with Crippen LogP contribution in [0.1, 0.15) is 310 Å². The third-order valence-electron chi connectivity index (χ3n) is 12.5. The van der Waals surface area contributed by atoms with Crippen molar-refractivity contribution in [3.8, 4) is 0 Å². The van der Waals surface area contributed by atoms with Crippen LogP contribution in [0, 0.1) is 5.92 Å². The highest BCUT2D eigenvalue weighted by Crippen LogP contribution is 2.18. The molecule has 0 saturated heterocycles. The van der Waals surface area contributed by atoms with E-state index in [4.69, 9.17) is 14.2 Å². The van der Waals surface area contributed by atoms with Gasteiger partial charge >= 0.3 is 17.9 Å². The number of carbonyl (C=O) groups excluding carboxylic acids is 3. The largest absolute Gasteiger partial charge is 0.462 e. The normalized spacial score (nSPS) is 12.0. The van der Waals surface area contributed by atoms with Gasteiger partial charge in [0.05, 0.1) is 0 Å². The Morgan fingerprint density at radius 3 is 0.803 bits per heavy atom. The Bertz CT molecular complexity index is 918. The predicted molar refractivity (Wildman–Crippen MR) is 261 cm³/mol. The molecule has 0 radical (unpaired) electrons. The third-order valence-corrected chi connectivity index (χ3v) is 12.5. The zero-order valence-corrected chi connectivity index (χ0v) is 41.6. The molecule has 0 amide bonds. The van der Waals surface area contributed by atoms with Crippen LogP contribution in [0.2, 0.25) is 0 Å². The first-order valence-corrected chi connectivity index (χ1v) is 27.4. The van der Waals surface area contributed by atoms with Crippen LogP contribution in [0.3, 0.4) is 0 Å². The number of hydrogen-bond donors (Lipinski definition) is 0. The van der Waals surface area contributed by atoms with Gasteiger partial charge < -0.3 is 14.2 Å². The molecule has 0 rings (SSSR count). The van der Waals surface area contributed by atoms with E-state index in [0.717, 1.165) is 63.7 Å². The molecule has 0 fully saturated rings. The van der Waals surface area contributed by atoms with E-state index in [9.17, 15) is 14.4 Å². The third kappa shape index (κ3) is 49.3. The van der Waals surface area contributed by atoms with E-state index in [-0.39, 0.29) is 31.1 Å². The fourth-order valence-corrected chi connectivity index (χ4v) is 8.39. The van der Waals surface area contributed by atoms with Gasteiger partial charge in [0.2, 0.25) is 0 Å². The van der Waals surface area contributed by atoms with E-state index in [1.54, 1.807) is 0 Å². The summed E-state index contributed by atoms with van der Waals surface area (Å²) in [4.78, 5) is 37.8. The van der Waals surface area contributed by atoms with E-state index >= 15 is 0 Å². The van der Waals surface area contributed by atoms with Gasteiger partial charge in [0, 0.05) is 19.3 Å². The Morgan fingerprint density at radius 2 is 0.541 bits per heavy atom. The van der Waals surface area contributed by atoms with E-state index in [1.807, 2.05) is 0 Å². The van der Waals surface area contributed by atoms with Gasteiger partial charge in [-0.15, -0.1) is 0 Å². The molecule has 0 aliphatic heterocycles. The second kappa shape index (κ2) is 49.4. The second-order valence-electron chi connectivity index (χ2n) is 19.3. The molecule has 0 aliphatic carbocycles. The summed E-state index contributed by atoms with van der Waals surface area (Å²) in [5.74, 6) is 0.0118. The number of carbonyl (C=O) groups is 3. The quantitative estimate of drug-likeness (QED) is 0.0344. The molecule has 0 bridgehead atoms. The Labute approximate surface area is 380 Å². The summed E-state index contributed by atoms with van der Waals surface area (Å²) in [6, 6.07) is 0. The van der Waals surface area contributed by atoms with Crippen LogP contribution in [0.4, 0.5) is 0 Å². The van der Waals surface area contributed by atoms with E-state index in [0.29, 0.717) is 19.3 Å². The molecule has 0 aromatic rings. The monoisotopic (exact) mass is 863 g/mol. The van der Waals surface area contributed by atoms with Crippen LogP contribution in [0.25, 0.3) is 0 Å². The molecule has 1 atom stereocenters. The lowest BCUT2D eigenvalue weighted by Crippen LogP contribution is -2.30. The van der Waals surface area contributed by atoms with Crippen LogP contribution in [0.15, 0.2) is 0 Å². The number of unbranched alkanes of at least 4 members (excludes halogenated alkanes) is 37. The molecular weight excluding hydrogens is 757 g/mol. The van der Waals surface area contributed by atoms with E-state index in [1.165, 1.54) is 205 Å². The fraction of sp³-hybridized carbons (Fsp3) is 0.945. The van der Waals surface area contributed by atoms with Gasteiger partial charge in [-0.05, 0) is 25.2 Å². The molecule has 0 saturated carbocycles. The van der Waals surface area contributed by atoms with Crippen molar-refractivity contribution in [2.45, 2.75) is 316 Å². The van der Waals surface area contributed by atoms with Crippen molar-refractivity contribution in [3.05, 3.63) is 0 Å². The molecule has 61 heavy (non-hydrogen) atoms. The first-order valence-electron chi connectivity index (χ1n) is 27.4. The molecular formula is C55H106O6. The molecule has 0 unspecified atom stereocenters. The minimum Gasteiger partial charge on any atom is -0.462 e. The SMILES string of the molecule is CCCCCCCCCCCCCCCCCC(=O)O[C@@H](COC(=O)CCCCCCCCC)COC(=O)CCCCCCCCCCCCCCCCCCCCC(C)C. The Kier molecular flexibility index (Phi) is 48.1. The maximum absolute atomic E-state index is 12.8. The highest BCUT2D eigenvalue weighted by Gasteiger charge is 2.19. The van der Waals surface area contributed by atoms with E-state index in [2.05, 4.69) is 27.7 Å². The average Bonchev–Trinajstić information content (AvgIpc) is 3.24. The highest BCUT2D eigenvalue weighted by atomic mass is 16.6. The van der Waals surface area contributed by atoms with Crippen LogP contribution < -0.4 is 0 Å². The Hall–Kier alpha value is -1.59. The number of ether oxygens (including phenoxy) is 3. The summed E-state index contributed by atoms with van der Waals surface area (Å²) in [6.45, 7) is 9.02. The molecule has 0 aliphatic rings. The standard InChI is InChI=1S/C55H106O6/c1-5-7-9-11-13-14-15-16-21-26-29-32-36-40-44-48-55(58)61-52(49-59-53(56)46-42-38-33-12-10-8-6-2)50-60-54(57)47-43-39-35-31-28-25-23-20-18-17-19-22-24-27-30-34-37-41-45-51(3)4/h51-52H,5-50H2,1-4H3/t52-/m0/s1. The lowest BCUT2D eigenvalue weighted by molar-refractivity contribution is -0.167. The predicted octanol–water partition coefficient (Wildman–Crippen LogP) is 17.8. The molecule has 0 N–H and O–H groups in total. The van der Waals surface area contributed by atoms with Crippen molar-refractivity contribution in [1.82, 2.24) is 0 Å². The summed E-state index contributed by atoms with van der Waals surface area (Å²) < 4.78 is 16.8. The maximum atomic E-state index is 12.8. The highest BCUT2D eigenvalue weighted by molar-refractivity contribution is 5.71. The van der Waals surface area contributed by atoms with Crippen molar-refractivity contribution in [2.75, 3.05) is 13.2 Å². The molecule has 0 heterocycles. The first-order chi connectivity index (χ1) is 29.9. The van der Waals surface area contributed by atoms with Crippen molar-refractivity contribution in [3.63, 3.8) is 0 Å². The summed E-state index contributed by atoms with van der Waals surface area (Å²) in [5, 5.41) is 0. The zero-order chi connectivity index (χ0) is 44.5. The van der Waals surface area contributed by atoms with Crippen LogP contribution >= 0.6 is 0 Å². The van der Waals surface area contributed by atoms with Gasteiger partial charge in [-0.1, -0.05) is 272 Å². The smallest absolute Gasteiger partial charge is 0.306 e. The zero-order valence-electron chi connectivity index (χ0n) is 41.6. The average molecular weight is 863 g/mol. The van der Waals surface area contributed by atoms with Gasteiger partial charge in [-0.2, -0.15) is 0 Å². The number of esters is 3. The topological polar surface area (TPSA) is 78.9 Å². The summed E-state index contributed by atoms with van der Waals surface area (Å²) in [7, 11) is 0. The lowest BCUT2D eigenvalue weighted by Gasteiger charge is -2.18. The molecule has 0 spiro atoms. The molecule has 362 valence electrons. The number of rotatable bonds is 50. The molecule has 6 nitrogen and oxygen atoms in total. The van der Waals surface area contributed by atoms with Crippen molar-refractivity contribution >= 4 is 17.9 Å². The van der Waals surface area contributed by atoms with Gasteiger partial charge in [0.15, 0.2) is 6.10 Å². The Morgan fingerprint density at radius 1 is 0.311 bits per heavy atom. The van der Waals surface area contributed by atoms with Crippen molar-refractivity contribution in [2.24, 2.45) is 5.92 Å². The number of hydrogen-bond acceptors (Lipinski definition) is 6. The minimum absolute atomic E-state index is 0.0627. The summed E-state index contributed by atoms with van der Waals surface area (Å²) >= 11 is 0.